The van der Waals surface area contributed by atoms with Gasteiger partial charge in [-0.05, 0) is 192 Å². The van der Waals surface area contributed by atoms with Crippen molar-refractivity contribution in [2.75, 3.05) is 0 Å². The van der Waals surface area contributed by atoms with Gasteiger partial charge in [-0.25, -0.2) is 0 Å². The number of rotatable bonds is 7. The first-order valence-corrected chi connectivity index (χ1v) is 33.8. The van der Waals surface area contributed by atoms with Gasteiger partial charge < -0.3 is 18.3 Å². The largest absolute Gasteiger partial charge is 0.309 e. The molecule has 0 aliphatic heterocycles. The zero-order valence-corrected chi connectivity index (χ0v) is 53.4. The van der Waals surface area contributed by atoms with Crippen molar-refractivity contribution in [1.82, 2.24) is 18.3 Å². The predicted molar refractivity (Wildman–Crippen MR) is 417 cm³/mol. The Kier molecular flexibility index (Phi) is 12.6. The van der Waals surface area contributed by atoms with Crippen LogP contribution in [-0.4, -0.2) is 18.3 Å². The van der Waals surface area contributed by atoms with Gasteiger partial charge in [0.05, 0.1) is 49.8 Å². The molecule has 0 aliphatic rings. The van der Waals surface area contributed by atoms with E-state index in [2.05, 4.69) is 382 Å². The van der Waals surface area contributed by atoms with E-state index in [1.807, 2.05) is 0 Å². The molecule has 4 heteroatoms. The molecule has 4 heterocycles. The number of para-hydroxylation sites is 7. The lowest BCUT2D eigenvalue weighted by atomic mass is 9.94. The first-order chi connectivity index (χ1) is 48.6. The lowest BCUT2D eigenvalue weighted by Gasteiger charge is -2.15. The molecule has 0 radical (unpaired) electrons. The van der Waals surface area contributed by atoms with Crippen LogP contribution in [0.3, 0.4) is 0 Å². The molecule has 4 aromatic heterocycles. The van der Waals surface area contributed by atoms with E-state index in [9.17, 15) is 0 Å². The van der Waals surface area contributed by atoms with E-state index in [0.29, 0.717) is 0 Å². The molecule has 21 rings (SSSR count). The second-order valence-electron chi connectivity index (χ2n) is 25.9. The third-order valence-corrected chi connectivity index (χ3v) is 20.6. The highest BCUT2D eigenvalue weighted by Gasteiger charge is 2.21. The van der Waals surface area contributed by atoms with Gasteiger partial charge in [0.2, 0.25) is 0 Å². The number of aromatic nitrogens is 4. The molecular formula is C94H60N4. The molecule has 0 atom stereocenters. The molecule has 0 saturated carbocycles. The molecule has 0 saturated heterocycles. The van der Waals surface area contributed by atoms with Crippen molar-refractivity contribution < 1.29 is 0 Å². The van der Waals surface area contributed by atoms with Gasteiger partial charge in [0, 0.05) is 65.7 Å². The molecule has 4 nitrogen and oxygen atoms in total. The van der Waals surface area contributed by atoms with Crippen LogP contribution in [0.4, 0.5) is 0 Å². The average molecular weight is 1250 g/mol. The fourth-order valence-corrected chi connectivity index (χ4v) is 16.2. The summed E-state index contributed by atoms with van der Waals surface area (Å²) < 4.78 is 9.63. The zero-order valence-electron chi connectivity index (χ0n) is 53.4. The van der Waals surface area contributed by atoms with Crippen LogP contribution < -0.4 is 0 Å². The molecule has 98 heavy (non-hydrogen) atoms. The Morgan fingerprint density at radius 2 is 0.459 bits per heavy atom. The summed E-state index contributed by atoms with van der Waals surface area (Å²) in [5.41, 5.74) is 21.7. The molecule has 0 aliphatic carbocycles. The van der Waals surface area contributed by atoms with Crippen LogP contribution in [0.25, 0.3) is 186 Å². The zero-order chi connectivity index (χ0) is 64.4. The van der Waals surface area contributed by atoms with Crippen LogP contribution in [0.2, 0.25) is 0 Å². The monoisotopic (exact) mass is 1240 g/mol. The molecule has 0 fully saturated rings. The summed E-state index contributed by atoms with van der Waals surface area (Å²) >= 11 is 0. The summed E-state index contributed by atoms with van der Waals surface area (Å²) in [5.74, 6) is 0. The summed E-state index contributed by atoms with van der Waals surface area (Å²) in [6.07, 6.45) is 0. The van der Waals surface area contributed by atoms with Crippen LogP contribution in [0.15, 0.2) is 364 Å². The van der Waals surface area contributed by atoms with E-state index >= 15 is 0 Å². The van der Waals surface area contributed by atoms with E-state index in [-0.39, 0.29) is 0 Å². The lowest BCUT2D eigenvalue weighted by molar-refractivity contribution is 1.18. The Morgan fingerprint density at radius 3 is 0.918 bits per heavy atom. The number of hydrogen-bond acceptors (Lipinski definition) is 0. The summed E-state index contributed by atoms with van der Waals surface area (Å²) in [7, 11) is 0. The summed E-state index contributed by atoms with van der Waals surface area (Å²) in [5, 5.41) is 20.3. The van der Waals surface area contributed by atoms with Crippen molar-refractivity contribution in [2.24, 2.45) is 0 Å². The fraction of sp³-hybridized carbons (Fsp3) is 0. The van der Waals surface area contributed by atoms with Crippen molar-refractivity contribution >= 4 is 130 Å². The quantitative estimate of drug-likeness (QED) is 0.142. The van der Waals surface area contributed by atoms with Gasteiger partial charge >= 0.3 is 0 Å². The molecule has 0 bridgehead atoms. The van der Waals surface area contributed by atoms with E-state index in [1.165, 1.54) is 186 Å². The maximum atomic E-state index is 2.44. The van der Waals surface area contributed by atoms with Crippen molar-refractivity contribution in [3.8, 4) is 56.1 Å². The van der Waals surface area contributed by atoms with E-state index in [1.54, 1.807) is 0 Å². The highest BCUT2D eigenvalue weighted by molar-refractivity contribution is 6.26. The second kappa shape index (κ2) is 22.3. The highest BCUT2D eigenvalue weighted by atomic mass is 15.0. The fourth-order valence-electron chi connectivity index (χ4n) is 16.2. The van der Waals surface area contributed by atoms with Crippen LogP contribution in [-0.2, 0) is 0 Å². The SMILES string of the molecule is c1ccc(-n2c3ccccc3c3cc(-c4ccc5c(c4)c4ccccc4n5-c4ccc5c6ccccc6c6ccccc6c5c4)ccc32)cc1.c1ccc(-n2c3ccccc3c3cc(-c4ccc5c(c4)c4ccccc4n5-c4ccccc4-c4ccc5ccccc5c4)ccc32)cc1. The molecule has 0 unspecified atom stereocenters. The summed E-state index contributed by atoms with van der Waals surface area (Å²) in [6, 6.07) is 133. The van der Waals surface area contributed by atoms with Crippen molar-refractivity contribution in [3.05, 3.63) is 364 Å². The van der Waals surface area contributed by atoms with Crippen molar-refractivity contribution in [3.63, 3.8) is 0 Å². The maximum absolute atomic E-state index is 2.44. The number of nitrogens with zero attached hydrogens (tertiary/aromatic N) is 4. The Balaban J connectivity index is 0.000000133. The van der Waals surface area contributed by atoms with Crippen molar-refractivity contribution in [1.29, 1.82) is 0 Å². The van der Waals surface area contributed by atoms with Gasteiger partial charge in [-0.3, -0.25) is 0 Å². The standard InChI is InChI=1S/C48H30N2.C46H30N2/c1-2-12-33(13-3-1)49-45-20-10-8-18-40(45)43-28-31(22-26-47(43)49)32-23-27-48-44(29-32)41-19-9-11-21-46(41)50(48)34-24-25-39-37-16-5-4-14-35(37)36-15-6-7-17-38(36)42(39)30-34;1-2-14-36(15-3-1)47-43-20-10-7-17-38(43)40-29-33(24-26-45(40)47)34-25-27-46-41(30-34)39-18-8-11-21-44(39)48(46)42-19-9-6-16-37(42)35-23-22-31-12-4-5-13-32(31)28-35/h1-30H;1-30H. The van der Waals surface area contributed by atoms with Gasteiger partial charge in [-0.1, -0.05) is 243 Å². The predicted octanol–water partition coefficient (Wildman–Crippen LogP) is 25.4. The van der Waals surface area contributed by atoms with Crippen LogP contribution in [0.5, 0.6) is 0 Å². The van der Waals surface area contributed by atoms with E-state index in [0.717, 1.165) is 0 Å². The van der Waals surface area contributed by atoms with Gasteiger partial charge in [-0.2, -0.15) is 0 Å². The first-order valence-electron chi connectivity index (χ1n) is 33.8. The van der Waals surface area contributed by atoms with Gasteiger partial charge in [0.1, 0.15) is 0 Å². The highest BCUT2D eigenvalue weighted by Crippen LogP contribution is 2.44. The topological polar surface area (TPSA) is 19.7 Å². The minimum absolute atomic E-state index is 1.17. The van der Waals surface area contributed by atoms with Crippen LogP contribution >= 0.6 is 0 Å². The smallest absolute Gasteiger partial charge is 0.0541 e. The normalized spacial score (nSPS) is 11.9. The van der Waals surface area contributed by atoms with Crippen molar-refractivity contribution in [2.45, 2.75) is 0 Å². The molecular weight excluding hydrogens is 1190 g/mol. The minimum atomic E-state index is 1.17. The number of fused-ring (bicyclic) bond motifs is 19. The minimum Gasteiger partial charge on any atom is -0.309 e. The number of hydrogen-bond donors (Lipinski definition) is 0. The Morgan fingerprint density at radius 1 is 0.143 bits per heavy atom. The maximum Gasteiger partial charge on any atom is 0.0541 e. The first kappa shape index (κ1) is 55.4. The van der Waals surface area contributed by atoms with E-state index in [4.69, 9.17) is 0 Å². The molecule has 17 aromatic carbocycles. The van der Waals surface area contributed by atoms with Gasteiger partial charge in [0.15, 0.2) is 0 Å². The lowest BCUT2D eigenvalue weighted by Crippen LogP contribution is -1.97. The van der Waals surface area contributed by atoms with Gasteiger partial charge in [0.25, 0.3) is 0 Å². The Bertz CT molecular complexity index is 6760. The molecule has 456 valence electrons. The van der Waals surface area contributed by atoms with Crippen LogP contribution in [0, 0.1) is 0 Å². The molecule has 21 aromatic rings. The third-order valence-electron chi connectivity index (χ3n) is 20.6. The molecule has 0 N–H and O–H groups in total. The summed E-state index contributed by atoms with van der Waals surface area (Å²) in [4.78, 5) is 0. The third kappa shape index (κ3) is 8.71. The van der Waals surface area contributed by atoms with E-state index < -0.39 is 0 Å². The molecule has 0 spiro atoms. The van der Waals surface area contributed by atoms with Crippen LogP contribution in [0.1, 0.15) is 0 Å². The average Bonchev–Trinajstić information content (AvgIpc) is 1.48. The van der Waals surface area contributed by atoms with Gasteiger partial charge in [-0.15, -0.1) is 0 Å². The second-order valence-corrected chi connectivity index (χ2v) is 25.9. The molecule has 0 amide bonds. The summed E-state index contributed by atoms with van der Waals surface area (Å²) in [6.45, 7) is 0. The Hall–Kier alpha value is -13.0. The number of benzene rings is 17. The Labute approximate surface area is 565 Å².